The first-order valence-corrected chi connectivity index (χ1v) is 40.4. The second-order valence-corrected chi connectivity index (χ2v) is 30.1. The molecule has 0 bridgehead atoms. The minimum atomic E-state index is -4.95. The van der Waals surface area contributed by atoms with Crippen molar-refractivity contribution >= 4 is 39.5 Å². The van der Waals surface area contributed by atoms with E-state index in [1.54, 1.807) is 0 Å². The predicted molar refractivity (Wildman–Crippen MR) is 368 cm³/mol. The van der Waals surface area contributed by atoms with Crippen molar-refractivity contribution in [1.29, 1.82) is 0 Å². The Morgan fingerprint density at radius 3 is 0.835 bits per heavy atom. The molecule has 3 N–H and O–H groups in total. The van der Waals surface area contributed by atoms with Crippen LogP contribution >= 0.6 is 15.6 Å². The quantitative estimate of drug-likeness (QED) is 0.0222. The predicted octanol–water partition coefficient (Wildman–Crippen LogP) is 20.6. The number of carbonyl (C=O) groups excluding carboxylic acids is 4. The Balaban J connectivity index is 5.27. The maximum Gasteiger partial charge on any atom is 0.472 e. The van der Waals surface area contributed by atoms with Gasteiger partial charge in [0.1, 0.15) is 19.3 Å². The number of phosphoric ester groups is 2. The number of ether oxygens (including phenoxy) is 4. The molecule has 0 rings (SSSR count). The van der Waals surface area contributed by atoms with E-state index >= 15 is 0 Å². The van der Waals surface area contributed by atoms with Crippen molar-refractivity contribution in [3.8, 4) is 0 Å². The fourth-order valence-corrected chi connectivity index (χ4v) is 12.4. The van der Waals surface area contributed by atoms with Crippen LogP contribution in [0.2, 0.25) is 0 Å². The summed E-state index contributed by atoms with van der Waals surface area (Å²) in [6, 6.07) is 0. The summed E-state index contributed by atoms with van der Waals surface area (Å²) in [5, 5.41) is 10.6. The highest BCUT2D eigenvalue weighted by atomic mass is 31.2. The van der Waals surface area contributed by atoms with Crippen LogP contribution in [-0.2, 0) is 65.4 Å². The maximum absolute atomic E-state index is 13.0. The molecule has 0 aliphatic carbocycles. The Bertz CT molecular complexity index is 1790. The van der Waals surface area contributed by atoms with Gasteiger partial charge in [0.25, 0.3) is 0 Å². The topological polar surface area (TPSA) is 237 Å². The number of phosphoric acid groups is 2. The number of unbranched alkanes of at least 4 members (excludes halogenated alkanes) is 37. The van der Waals surface area contributed by atoms with Gasteiger partial charge >= 0.3 is 39.5 Å². The van der Waals surface area contributed by atoms with Crippen LogP contribution in [0.25, 0.3) is 0 Å². The third-order valence-electron chi connectivity index (χ3n) is 17.0. The first-order chi connectivity index (χ1) is 43.8. The van der Waals surface area contributed by atoms with E-state index < -0.39 is 97.5 Å². The zero-order valence-electron chi connectivity index (χ0n) is 59.3. The van der Waals surface area contributed by atoms with Crippen LogP contribution < -0.4 is 0 Å². The van der Waals surface area contributed by atoms with Crippen LogP contribution in [0.1, 0.15) is 363 Å². The van der Waals surface area contributed by atoms with Crippen molar-refractivity contribution in [2.75, 3.05) is 39.6 Å². The third kappa shape index (κ3) is 65.1. The molecule has 0 aromatic carbocycles. The van der Waals surface area contributed by atoms with Crippen LogP contribution in [0.5, 0.6) is 0 Å². The molecule has 0 aromatic heterocycles. The summed E-state index contributed by atoms with van der Waals surface area (Å²) in [5.74, 6) is 0.189. The minimum absolute atomic E-state index is 0.105. The Morgan fingerprint density at radius 2 is 0.560 bits per heavy atom. The lowest BCUT2D eigenvalue weighted by atomic mass is 9.99. The van der Waals surface area contributed by atoms with Gasteiger partial charge in [0, 0.05) is 25.7 Å². The fourth-order valence-electron chi connectivity index (χ4n) is 10.9. The molecule has 6 atom stereocenters. The van der Waals surface area contributed by atoms with Gasteiger partial charge in [-0.1, -0.05) is 312 Å². The highest BCUT2D eigenvalue weighted by Gasteiger charge is 2.30. The van der Waals surface area contributed by atoms with Crippen molar-refractivity contribution in [1.82, 2.24) is 0 Å². The monoisotopic (exact) mass is 1340 g/mol. The molecule has 0 saturated carbocycles. The van der Waals surface area contributed by atoms with Gasteiger partial charge in [-0.2, -0.15) is 0 Å². The van der Waals surface area contributed by atoms with Crippen LogP contribution in [0, 0.1) is 17.8 Å². The summed E-state index contributed by atoms with van der Waals surface area (Å²) >= 11 is 0. The number of carbonyl (C=O) groups is 4. The van der Waals surface area contributed by atoms with Crippen molar-refractivity contribution in [3.05, 3.63) is 0 Å². The van der Waals surface area contributed by atoms with Crippen molar-refractivity contribution in [2.24, 2.45) is 17.8 Å². The Morgan fingerprint density at radius 1 is 0.319 bits per heavy atom. The van der Waals surface area contributed by atoms with Crippen molar-refractivity contribution < 1.29 is 80.2 Å². The van der Waals surface area contributed by atoms with E-state index in [0.29, 0.717) is 25.7 Å². The van der Waals surface area contributed by atoms with Crippen molar-refractivity contribution in [2.45, 2.75) is 381 Å². The Hall–Kier alpha value is -1.94. The standard InChI is InChI=1S/C72H140O17P2/c1-8-10-11-12-13-14-16-25-32-39-46-53-69(74)82-60-68(89-72(77)56-49-42-35-28-21-23-30-37-44-51-64(5)6)62-87-91(80,81)85-58-66(73)57-84-90(78,79)86-61-67(88-71(76)55-48-41-34-27-18-15-17-22-29-36-43-50-63(3)4)59-83-70(75)54-47-40-33-26-20-19-24-31-38-45-52-65(7)9-2/h63-68,73H,8-62H2,1-7H3,(H,78,79)(H,80,81)/t65?,66-,67-,68-/m1/s1. The molecule has 0 radical (unpaired) electrons. The summed E-state index contributed by atoms with van der Waals surface area (Å²) in [6.07, 6.45) is 47.0. The average molecular weight is 1340 g/mol. The molecule has 3 unspecified atom stereocenters. The van der Waals surface area contributed by atoms with Gasteiger partial charge in [-0.25, -0.2) is 9.13 Å². The van der Waals surface area contributed by atoms with Crippen LogP contribution in [0.3, 0.4) is 0 Å². The Kier molecular flexibility index (Phi) is 61.5. The molecule has 0 spiro atoms. The molecule has 91 heavy (non-hydrogen) atoms. The smallest absolute Gasteiger partial charge is 0.462 e. The van der Waals surface area contributed by atoms with E-state index in [1.807, 2.05) is 0 Å². The number of rotatable bonds is 70. The van der Waals surface area contributed by atoms with Gasteiger partial charge in [0.15, 0.2) is 12.2 Å². The zero-order chi connectivity index (χ0) is 67.3. The Labute approximate surface area is 556 Å². The fraction of sp³-hybridized carbons (Fsp3) is 0.944. The lowest BCUT2D eigenvalue weighted by Gasteiger charge is -2.21. The van der Waals surface area contributed by atoms with Gasteiger partial charge < -0.3 is 33.8 Å². The minimum Gasteiger partial charge on any atom is -0.462 e. The normalized spacial score (nSPS) is 14.5. The molecule has 0 aliphatic heterocycles. The van der Waals surface area contributed by atoms with Gasteiger partial charge in [-0.3, -0.25) is 37.3 Å². The summed E-state index contributed by atoms with van der Waals surface area (Å²) < 4.78 is 68.4. The summed E-state index contributed by atoms with van der Waals surface area (Å²) in [5.41, 5.74) is 0. The summed E-state index contributed by atoms with van der Waals surface area (Å²) in [4.78, 5) is 72.6. The van der Waals surface area contributed by atoms with Gasteiger partial charge in [-0.15, -0.1) is 0 Å². The van der Waals surface area contributed by atoms with E-state index in [9.17, 15) is 43.2 Å². The van der Waals surface area contributed by atoms with Crippen molar-refractivity contribution in [3.63, 3.8) is 0 Å². The molecule has 0 aromatic rings. The molecular weight excluding hydrogens is 1200 g/mol. The van der Waals surface area contributed by atoms with E-state index in [1.165, 1.54) is 173 Å². The number of hydrogen-bond acceptors (Lipinski definition) is 15. The van der Waals surface area contributed by atoms with Gasteiger partial charge in [0.05, 0.1) is 26.4 Å². The van der Waals surface area contributed by atoms with Crippen LogP contribution in [0.15, 0.2) is 0 Å². The number of esters is 4. The van der Waals surface area contributed by atoms with E-state index in [4.69, 9.17) is 37.0 Å². The average Bonchev–Trinajstić information content (AvgIpc) is 3.72. The van der Waals surface area contributed by atoms with Crippen LogP contribution in [-0.4, -0.2) is 96.7 Å². The van der Waals surface area contributed by atoms with Gasteiger partial charge in [-0.05, 0) is 43.4 Å². The van der Waals surface area contributed by atoms with E-state index in [2.05, 4.69) is 48.5 Å². The highest BCUT2D eigenvalue weighted by molar-refractivity contribution is 7.47. The lowest BCUT2D eigenvalue weighted by Crippen LogP contribution is -2.30. The first kappa shape index (κ1) is 89.1. The second-order valence-electron chi connectivity index (χ2n) is 27.2. The maximum atomic E-state index is 13.0. The lowest BCUT2D eigenvalue weighted by molar-refractivity contribution is -0.161. The molecule has 0 heterocycles. The molecule has 0 amide bonds. The highest BCUT2D eigenvalue weighted by Crippen LogP contribution is 2.45. The molecule has 17 nitrogen and oxygen atoms in total. The number of hydrogen-bond donors (Lipinski definition) is 3. The van der Waals surface area contributed by atoms with Crippen LogP contribution in [0.4, 0.5) is 0 Å². The van der Waals surface area contributed by atoms with E-state index in [0.717, 1.165) is 108 Å². The SMILES string of the molecule is CCCCCCCCCCCCCC(=O)OC[C@H](COP(=O)(O)OC[C@H](O)COP(=O)(O)OC[C@@H](COC(=O)CCCCCCCCCCCCC(C)CC)OC(=O)CCCCCCCCCCCCCC(C)C)OC(=O)CCCCCCCCCCCC(C)C. The molecule has 19 heteroatoms. The number of aliphatic hydroxyl groups is 1. The summed E-state index contributed by atoms with van der Waals surface area (Å²) in [6.45, 7) is 11.9. The second kappa shape index (κ2) is 62.8. The molecule has 0 saturated heterocycles. The zero-order valence-corrected chi connectivity index (χ0v) is 61.1. The largest absolute Gasteiger partial charge is 0.472 e. The molecule has 0 aliphatic rings. The third-order valence-corrected chi connectivity index (χ3v) is 18.9. The first-order valence-electron chi connectivity index (χ1n) is 37.4. The molecular formula is C72H140O17P2. The summed E-state index contributed by atoms with van der Waals surface area (Å²) in [7, 11) is -9.91. The van der Waals surface area contributed by atoms with Gasteiger partial charge in [0.2, 0.25) is 0 Å². The molecule has 540 valence electrons. The number of aliphatic hydroxyl groups excluding tert-OH is 1. The molecule has 0 fully saturated rings. The van der Waals surface area contributed by atoms with E-state index in [-0.39, 0.29) is 25.7 Å².